The number of nitrogens with one attached hydrogen (secondary N) is 3. The Balaban J connectivity index is 1.56. The fraction of sp³-hybridized carbons (Fsp3) is 0.458. The predicted molar refractivity (Wildman–Crippen MR) is 131 cm³/mol. The van der Waals surface area contributed by atoms with Gasteiger partial charge in [-0.1, -0.05) is 36.4 Å². The number of hydrogen-bond acceptors (Lipinski definition) is 7. The molecule has 1 heterocycles. The normalized spacial score (nSPS) is 16.4. The summed E-state index contributed by atoms with van der Waals surface area (Å²) >= 11 is 0. The van der Waals surface area contributed by atoms with Crippen molar-refractivity contribution in [3.63, 3.8) is 0 Å². The molecule has 0 aliphatic carbocycles. The average molecular weight is 505 g/mol. The second-order valence-corrected chi connectivity index (χ2v) is 11.0. The van der Waals surface area contributed by atoms with E-state index in [-0.39, 0.29) is 23.8 Å². The standard InChI is InChI=1S/C24H32N4O6S/c25-24(23(31)32,35(33,34)20-7-3-5-18-4-1-2-6-19(18)20)16-28-22(30)12-15-27-21(29)9-8-17-10-13-26-14-11-17/h1-7,17,26H,8-16,25H2,(H,27,29)(H,28,30)(H,31,32). The van der Waals surface area contributed by atoms with E-state index in [0.29, 0.717) is 23.1 Å². The summed E-state index contributed by atoms with van der Waals surface area (Å²) in [5.41, 5.74) is 5.90. The molecular weight excluding hydrogens is 472 g/mol. The molecule has 0 spiro atoms. The lowest BCUT2D eigenvalue weighted by molar-refractivity contribution is -0.140. The molecule has 190 valence electrons. The van der Waals surface area contributed by atoms with Crippen molar-refractivity contribution in [3.8, 4) is 0 Å². The van der Waals surface area contributed by atoms with Gasteiger partial charge in [0.25, 0.3) is 0 Å². The van der Waals surface area contributed by atoms with Gasteiger partial charge in [-0.3, -0.25) is 9.59 Å². The lowest BCUT2D eigenvalue weighted by Gasteiger charge is -2.25. The van der Waals surface area contributed by atoms with Gasteiger partial charge in [0.1, 0.15) is 0 Å². The van der Waals surface area contributed by atoms with Crippen LogP contribution in [0.3, 0.4) is 0 Å². The van der Waals surface area contributed by atoms with Gasteiger partial charge < -0.3 is 26.8 Å². The maximum atomic E-state index is 13.3. The van der Waals surface area contributed by atoms with Gasteiger partial charge in [-0.25, -0.2) is 13.2 Å². The molecule has 1 aliphatic rings. The third-order valence-electron chi connectivity index (χ3n) is 6.34. The van der Waals surface area contributed by atoms with Crippen LogP contribution in [0.1, 0.15) is 32.1 Å². The molecule has 6 N–H and O–H groups in total. The summed E-state index contributed by atoms with van der Waals surface area (Å²) < 4.78 is 26.6. The molecule has 11 heteroatoms. The molecule has 35 heavy (non-hydrogen) atoms. The average Bonchev–Trinajstić information content (AvgIpc) is 2.86. The first-order valence-corrected chi connectivity index (χ1v) is 13.1. The highest BCUT2D eigenvalue weighted by Gasteiger charge is 2.49. The number of sulfone groups is 1. The summed E-state index contributed by atoms with van der Waals surface area (Å²) in [7, 11) is -4.58. The summed E-state index contributed by atoms with van der Waals surface area (Å²) in [5, 5.41) is 18.9. The molecule has 1 saturated heterocycles. The number of fused-ring (bicyclic) bond motifs is 1. The van der Waals surface area contributed by atoms with Crippen molar-refractivity contribution in [1.29, 1.82) is 0 Å². The second-order valence-electron chi connectivity index (χ2n) is 8.78. The van der Waals surface area contributed by atoms with Crippen LogP contribution in [0.5, 0.6) is 0 Å². The molecule has 1 fully saturated rings. The van der Waals surface area contributed by atoms with Gasteiger partial charge >= 0.3 is 5.97 Å². The van der Waals surface area contributed by atoms with Gasteiger partial charge in [0.2, 0.25) is 26.5 Å². The number of rotatable bonds is 11. The van der Waals surface area contributed by atoms with Crippen LogP contribution in [0.4, 0.5) is 0 Å². The van der Waals surface area contributed by atoms with E-state index in [9.17, 15) is 27.9 Å². The van der Waals surface area contributed by atoms with Crippen molar-refractivity contribution in [3.05, 3.63) is 42.5 Å². The molecule has 2 aromatic carbocycles. The molecule has 1 atom stereocenters. The molecule has 2 amide bonds. The molecular formula is C24H32N4O6S. The van der Waals surface area contributed by atoms with E-state index in [1.54, 1.807) is 30.3 Å². The fourth-order valence-corrected chi connectivity index (χ4v) is 5.76. The first-order valence-electron chi connectivity index (χ1n) is 11.6. The first kappa shape index (κ1) is 26.6. The lowest BCUT2D eigenvalue weighted by Crippen LogP contribution is -2.61. The Labute approximate surface area is 204 Å². The zero-order valence-corrected chi connectivity index (χ0v) is 20.3. The van der Waals surface area contributed by atoms with E-state index < -0.39 is 33.1 Å². The molecule has 0 saturated carbocycles. The smallest absolute Gasteiger partial charge is 0.341 e. The summed E-state index contributed by atoms with van der Waals surface area (Å²) in [4.78, 5) is 33.3. The van der Waals surface area contributed by atoms with Crippen LogP contribution in [0, 0.1) is 5.92 Å². The largest absolute Gasteiger partial charge is 0.479 e. The van der Waals surface area contributed by atoms with Crippen LogP contribution in [-0.4, -0.2) is 62.4 Å². The molecule has 10 nitrogen and oxygen atoms in total. The number of carbonyl (C=O) groups excluding carboxylic acids is 2. The number of nitrogens with two attached hydrogens (primary N) is 1. The number of amides is 2. The Morgan fingerprint density at radius 1 is 1.00 bits per heavy atom. The number of aliphatic carboxylic acids is 1. The molecule has 1 unspecified atom stereocenters. The lowest BCUT2D eigenvalue weighted by atomic mass is 9.93. The molecule has 0 radical (unpaired) electrons. The van der Waals surface area contributed by atoms with Crippen molar-refractivity contribution >= 4 is 38.4 Å². The Hall–Kier alpha value is -3.02. The number of hydrogen-bond donors (Lipinski definition) is 5. The number of carboxylic acids is 1. The van der Waals surface area contributed by atoms with E-state index in [0.717, 1.165) is 32.4 Å². The van der Waals surface area contributed by atoms with Crippen molar-refractivity contribution in [2.45, 2.75) is 41.9 Å². The zero-order chi connectivity index (χ0) is 25.5. The summed E-state index contributed by atoms with van der Waals surface area (Å²) in [6, 6.07) is 11.1. The number of carbonyl (C=O) groups is 3. The fourth-order valence-electron chi connectivity index (χ4n) is 4.14. The van der Waals surface area contributed by atoms with Gasteiger partial charge in [0, 0.05) is 24.8 Å². The quantitative estimate of drug-likeness (QED) is 0.299. The van der Waals surface area contributed by atoms with E-state index in [1.807, 2.05) is 0 Å². The van der Waals surface area contributed by atoms with E-state index in [4.69, 9.17) is 5.73 Å². The Morgan fingerprint density at radius 2 is 1.66 bits per heavy atom. The predicted octanol–water partition coefficient (Wildman–Crippen LogP) is 0.755. The van der Waals surface area contributed by atoms with Crippen LogP contribution < -0.4 is 21.7 Å². The highest BCUT2D eigenvalue weighted by Crippen LogP contribution is 2.29. The number of benzene rings is 2. The van der Waals surface area contributed by atoms with Crippen LogP contribution in [0.2, 0.25) is 0 Å². The summed E-state index contributed by atoms with van der Waals surface area (Å²) in [6.45, 7) is 1.15. The molecule has 0 aromatic heterocycles. The van der Waals surface area contributed by atoms with Crippen LogP contribution >= 0.6 is 0 Å². The monoisotopic (exact) mass is 504 g/mol. The third kappa shape index (κ3) is 6.36. The second kappa shape index (κ2) is 11.6. The van der Waals surface area contributed by atoms with Crippen LogP contribution in [0.15, 0.2) is 47.4 Å². The van der Waals surface area contributed by atoms with Crippen LogP contribution in [0.25, 0.3) is 10.8 Å². The zero-order valence-electron chi connectivity index (χ0n) is 19.5. The molecule has 1 aliphatic heterocycles. The van der Waals surface area contributed by atoms with E-state index >= 15 is 0 Å². The van der Waals surface area contributed by atoms with Crippen molar-refractivity contribution < 1.29 is 27.9 Å². The van der Waals surface area contributed by atoms with Gasteiger partial charge in [-0.15, -0.1) is 0 Å². The Bertz CT molecular complexity index is 1170. The Kier molecular flexibility index (Phi) is 8.82. The molecule has 2 aromatic rings. The van der Waals surface area contributed by atoms with Gasteiger partial charge in [-0.05, 0) is 49.7 Å². The topological polar surface area (TPSA) is 168 Å². The SMILES string of the molecule is NC(CNC(=O)CCNC(=O)CCC1CCNCC1)(C(=O)O)S(=O)(=O)c1cccc2ccccc12. The summed E-state index contributed by atoms with van der Waals surface area (Å²) in [5.74, 6) is -2.04. The molecule has 3 rings (SSSR count). The van der Waals surface area contributed by atoms with Crippen LogP contribution in [-0.2, 0) is 24.2 Å². The molecule has 0 bridgehead atoms. The number of piperidine rings is 1. The van der Waals surface area contributed by atoms with Gasteiger partial charge in [0.15, 0.2) is 0 Å². The van der Waals surface area contributed by atoms with Gasteiger partial charge in [-0.2, -0.15) is 0 Å². The maximum Gasteiger partial charge on any atom is 0.341 e. The van der Waals surface area contributed by atoms with Gasteiger partial charge in [0.05, 0.1) is 11.4 Å². The highest BCUT2D eigenvalue weighted by molar-refractivity contribution is 7.93. The van der Waals surface area contributed by atoms with Crippen molar-refractivity contribution in [1.82, 2.24) is 16.0 Å². The summed E-state index contributed by atoms with van der Waals surface area (Å²) in [6.07, 6.45) is 3.12. The van der Waals surface area contributed by atoms with Crippen molar-refractivity contribution in [2.24, 2.45) is 11.7 Å². The van der Waals surface area contributed by atoms with E-state index in [1.165, 1.54) is 12.1 Å². The van der Waals surface area contributed by atoms with E-state index in [2.05, 4.69) is 16.0 Å². The first-order chi connectivity index (χ1) is 16.6. The minimum absolute atomic E-state index is 0.0532. The minimum atomic E-state index is -4.58. The highest BCUT2D eigenvalue weighted by atomic mass is 32.2. The maximum absolute atomic E-state index is 13.3. The third-order valence-corrected chi connectivity index (χ3v) is 8.55. The number of carboxylic acid groups (broad SMARTS) is 1. The minimum Gasteiger partial charge on any atom is -0.479 e. The van der Waals surface area contributed by atoms with Crippen molar-refractivity contribution in [2.75, 3.05) is 26.2 Å². The Morgan fingerprint density at radius 3 is 2.37 bits per heavy atom.